The van der Waals surface area contributed by atoms with Crippen LogP contribution in [-0.2, 0) is 13.6 Å². The quantitative estimate of drug-likeness (QED) is 0.744. The minimum Gasteiger partial charge on any atom is -0.331 e. The van der Waals surface area contributed by atoms with Gasteiger partial charge < -0.3 is 10.2 Å². The van der Waals surface area contributed by atoms with Crippen LogP contribution in [0.2, 0.25) is 0 Å². The lowest BCUT2D eigenvalue weighted by Gasteiger charge is -2.34. The van der Waals surface area contributed by atoms with Crippen molar-refractivity contribution in [3.63, 3.8) is 0 Å². The molecule has 5 rings (SSSR count). The molecule has 0 saturated carbocycles. The second-order valence-corrected chi connectivity index (χ2v) is 7.52. The van der Waals surface area contributed by atoms with Crippen molar-refractivity contribution in [2.45, 2.75) is 37.9 Å². The van der Waals surface area contributed by atoms with Gasteiger partial charge in [0.2, 0.25) is 0 Å². The highest BCUT2D eigenvalue weighted by atomic mass is 16.2. The Bertz CT molecular complexity index is 1050. The first-order chi connectivity index (χ1) is 14.2. The fourth-order valence-corrected chi connectivity index (χ4v) is 4.44. The summed E-state index contributed by atoms with van der Waals surface area (Å²) < 4.78 is 3.66. The smallest absolute Gasteiger partial charge is 0.318 e. The first kappa shape index (κ1) is 17.7. The van der Waals surface area contributed by atoms with Crippen LogP contribution in [0.3, 0.4) is 0 Å². The number of benzene rings is 1. The Balaban J connectivity index is 1.29. The van der Waals surface area contributed by atoms with Gasteiger partial charge in [0.1, 0.15) is 6.33 Å². The van der Waals surface area contributed by atoms with E-state index in [0.29, 0.717) is 12.4 Å². The molecule has 29 heavy (non-hydrogen) atoms. The van der Waals surface area contributed by atoms with Gasteiger partial charge in [-0.1, -0.05) is 24.3 Å². The lowest BCUT2D eigenvalue weighted by atomic mass is 9.99. The van der Waals surface area contributed by atoms with E-state index >= 15 is 0 Å². The summed E-state index contributed by atoms with van der Waals surface area (Å²) in [5, 5.41) is 11.6. The SMILES string of the molecule is Cn1nccc1C1=CC2CCC(C1)N2C(=O)NCc1ncnn1-c1ccccc1. The average Bonchev–Trinajstić information content (AvgIpc) is 3.45. The van der Waals surface area contributed by atoms with E-state index in [1.165, 1.54) is 11.9 Å². The molecule has 2 aliphatic heterocycles. The lowest BCUT2D eigenvalue weighted by molar-refractivity contribution is 0.179. The second-order valence-electron chi connectivity index (χ2n) is 7.52. The van der Waals surface area contributed by atoms with Gasteiger partial charge in [-0.2, -0.15) is 10.2 Å². The maximum atomic E-state index is 13.0. The molecule has 2 amide bonds. The summed E-state index contributed by atoms with van der Waals surface area (Å²) in [5.41, 5.74) is 3.35. The number of para-hydroxylation sites is 1. The van der Waals surface area contributed by atoms with E-state index in [2.05, 4.69) is 26.6 Å². The molecule has 0 radical (unpaired) electrons. The van der Waals surface area contributed by atoms with Crippen molar-refractivity contribution in [2.24, 2.45) is 7.05 Å². The molecule has 0 aliphatic carbocycles. The molecule has 148 valence electrons. The van der Waals surface area contributed by atoms with E-state index in [0.717, 1.165) is 30.6 Å². The van der Waals surface area contributed by atoms with E-state index in [1.807, 2.05) is 59.2 Å². The van der Waals surface area contributed by atoms with Crippen LogP contribution in [0.4, 0.5) is 4.79 Å². The van der Waals surface area contributed by atoms with E-state index in [4.69, 9.17) is 0 Å². The molecule has 2 aliphatic rings. The molecule has 2 aromatic heterocycles. The number of carbonyl (C=O) groups excluding carboxylic acids is 1. The first-order valence-electron chi connectivity index (χ1n) is 9.90. The summed E-state index contributed by atoms with van der Waals surface area (Å²) in [5.74, 6) is 0.708. The van der Waals surface area contributed by atoms with Crippen LogP contribution >= 0.6 is 0 Å². The molecular formula is C21H23N7O. The monoisotopic (exact) mass is 389 g/mol. The average molecular weight is 389 g/mol. The summed E-state index contributed by atoms with van der Waals surface area (Å²) >= 11 is 0. The predicted octanol–water partition coefficient (Wildman–Crippen LogP) is 2.53. The Morgan fingerprint density at radius 1 is 1.17 bits per heavy atom. The van der Waals surface area contributed by atoms with Gasteiger partial charge in [-0.3, -0.25) is 4.68 Å². The van der Waals surface area contributed by atoms with Crippen LogP contribution in [0, 0.1) is 0 Å². The predicted molar refractivity (Wildman–Crippen MR) is 108 cm³/mol. The molecule has 8 heteroatoms. The van der Waals surface area contributed by atoms with Gasteiger partial charge in [-0.15, -0.1) is 0 Å². The van der Waals surface area contributed by atoms with Crippen LogP contribution in [0.15, 0.2) is 55.0 Å². The van der Waals surface area contributed by atoms with Crippen molar-refractivity contribution in [3.8, 4) is 5.69 Å². The van der Waals surface area contributed by atoms with Crippen molar-refractivity contribution >= 4 is 11.6 Å². The number of carbonyl (C=O) groups is 1. The highest BCUT2D eigenvalue weighted by molar-refractivity contribution is 5.78. The number of nitrogens with zero attached hydrogens (tertiary/aromatic N) is 6. The zero-order valence-electron chi connectivity index (χ0n) is 16.3. The fourth-order valence-electron chi connectivity index (χ4n) is 4.44. The zero-order valence-corrected chi connectivity index (χ0v) is 16.3. The van der Waals surface area contributed by atoms with E-state index in [-0.39, 0.29) is 18.1 Å². The number of urea groups is 1. The van der Waals surface area contributed by atoms with Gasteiger partial charge in [0.15, 0.2) is 5.82 Å². The van der Waals surface area contributed by atoms with E-state index in [9.17, 15) is 4.79 Å². The molecule has 8 nitrogen and oxygen atoms in total. The fraction of sp³-hybridized carbons (Fsp3) is 0.333. The second kappa shape index (κ2) is 7.20. The Labute approximate surface area is 168 Å². The molecule has 3 aromatic rings. The Morgan fingerprint density at radius 2 is 2.03 bits per heavy atom. The topological polar surface area (TPSA) is 80.9 Å². The van der Waals surface area contributed by atoms with Crippen molar-refractivity contribution in [2.75, 3.05) is 0 Å². The van der Waals surface area contributed by atoms with Gasteiger partial charge in [0.05, 0.1) is 24.0 Å². The highest BCUT2D eigenvalue weighted by Crippen LogP contribution is 2.38. The molecule has 1 fully saturated rings. The minimum absolute atomic E-state index is 0.0413. The molecule has 2 unspecified atom stereocenters. The molecule has 1 aromatic carbocycles. The molecule has 1 N–H and O–H groups in total. The molecular weight excluding hydrogens is 366 g/mol. The summed E-state index contributed by atoms with van der Waals surface area (Å²) in [7, 11) is 1.96. The summed E-state index contributed by atoms with van der Waals surface area (Å²) in [6, 6.07) is 12.2. The minimum atomic E-state index is -0.0413. The number of hydrogen-bond acceptors (Lipinski definition) is 4. The summed E-state index contributed by atoms with van der Waals surface area (Å²) in [6.07, 6.45) is 8.45. The number of amides is 2. The Kier molecular flexibility index (Phi) is 4.38. The number of hydrogen-bond donors (Lipinski definition) is 1. The van der Waals surface area contributed by atoms with Crippen molar-refractivity contribution in [1.29, 1.82) is 0 Å². The lowest BCUT2D eigenvalue weighted by Crippen LogP contribution is -2.48. The molecule has 2 bridgehead atoms. The number of rotatable bonds is 4. The van der Waals surface area contributed by atoms with Gasteiger partial charge >= 0.3 is 6.03 Å². The van der Waals surface area contributed by atoms with Crippen molar-refractivity contribution < 1.29 is 4.79 Å². The first-order valence-corrected chi connectivity index (χ1v) is 9.90. The summed E-state index contributed by atoms with van der Waals surface area (Å²) in [6.45, 7) is 0.335. The Morgan fingerprint density at radius 3 is 2.79 bits per heavy atom. The largest absolute Gasteiger partial charge is 0.331 e. The van der Waals surface area contributed by atoms with Gasteiger partial charge in [0.25, 0.3) is 0 Å². The number of aromatic nitrogens is 5. The van der Waals surface area contributed by atoms with E-state index in [1.54, 1.807) is 4.68 Å². The third-order valence-corrected chi connectivity index (χ3v) is 5.80. The van der Waals surface area contributed by atoms with Gasteiger partial charge in [-0.25, -0.2) is 14.5 Å². The Hall–Kier alpha value is -3.42. The maximum absolute atomic E-state index is 13.0. The van der Waals surface area contributed by atoms with Crippen molar-refractivity contribution in [1.82, 2.24) is 34.8 Å². The number of nitrogens with one attached hydrogen (secondary N) is 1. The zero-order chi connectivity index (χ0) is 19.8. The van der Waals surface area contributed by atoms with Crippen LogP contribution in [-0.4, -0.2) is 47.6 Å². The summed E-state index contributed by atoms with van der Waals surface area (Å²) in [4.78, 5) is 19.3. The highest BCUT2D eigenvalue weighted by Gasteiger charge is 2.40. The van der Waals surface area contributed by atoms with Gasteiger partial charge in [0, 0.05) is 19.3 Å². The van der Waals surface area contributed by atoms with Crippen LogP contribution in [0.1, 0.15) is 30.8 Å². The van der Waals surface area contributed by atoms with E-state index < -0.39 is 0 Å². The van der Waals surface area contributed by atoms with Crippen molar-refractivity contribution in [3.05, 3.63) is 66.5 Å². The molecule has 4 heterocycles. The van der Waals surface area contributed by atoms with Gasteiger partial charge in [-0.05, 0) is 43.0 Å². The molecule has 2 atom stereocenters. The van der Waals surface area contributed by atoms with Crippen LogP contribution in [0.5, 0.6) is 0 Å². The standard InChI is InChI=1S/C21H23N7O/c1-26-19(9-10-24-26)15-11-17-7-8-18(12-15)27(17)21(29)22-13-20-23-14-25-28(20)16-5-3-2-4-6-16/h2-6,9-11,14,17-18H,7-8,12-13H2,1H3,(H,22,29). The normalized spacial score (nSPS) is 20.6. The number of fused-ring (bicyclic) bond motifs is 2. The van der Waals surface area contributed by atoms with Crippen LogP contribution in [0.25, 0.3) is 11.3 Å². The van der Waals surface area contributed by atoms with Crippen LogP contribution < -0.4 is 5.32 Å². The molecule has 0 spiro atoms. The third-order valence-electron chi connectivity index (χ3n) is 5.80. The number of aryl methyl sites for hydroxylation is 1. The molecule has 1 saturated heterocycles. The maximum Gasteiger partial charge on any atom is 0.318 e. The third kappa shape index (κ3) is 3.20.